The molecule has 2 N–H and O–H groups in total. The number of aryl methyl sites for hydroxylation is 2. The average Bonchev–Trinajstić information content (AvgIpc) is 2.74. The Labute approximate surface area is 176 Å². The molecule has 0 spiro atoms. The van der Waals surface area contributed by atoms with Crippen LogP contribution in [0.3, 0.4) is 0 Å². The number of rotatable bonds is 8. The lowest BCUT2D eigenvalue weighted by Crippen LogP contribution is -2.15. The van der Waals surface area contributed by atoms with E-state index in [1.165, 1.54) is 26.3 Å². The molecule has 2 aromatic carbocycles. The van der Waals surface area contributed by atoms with Crippen LogP contribution in [0.5, 0.6) is 11.5 Å². The number of hydrogen-bond acceptors (Lipinski definition) is 9. The fraction of sp³-hybridized carbons (Fsp3) is 0.200. The lowest BCUT2D eigenvalue weighted by Gasteiger charge is -2.12. The summed E-state index contributed by atoms with van der Waals surface area (Å²) in [4.78, 5) is 25.1. The largest absolute Gasteiger partial charge is 0.493 e. The summed E-state index contributed by atoms with van der Waals surface area (Å²) in [5.41, 5.74) is 4.37. The van der Waals surface area contributed by atoms with Crippen LogP contribution in [-0.2, 0) is 6.61 Å². The summed E-state index contributed by atoms with van der Waals surface area (Å²) >= 11 is 0. The maximum Gasteiger partial charge on any atom is 0.315 e. The average molecular weight is 424 g/mol. The second-order valence-corrected chi connectivity index (χ2v) is 6.56. The molecule has 160 valence electrons. The molecule has 0 saturated carbocycles. The molecule has 0 amide bonds. The maximum atomic E-state index is 11.6. The van der Waals surface area contributed by atoms with Crippen molar-refractivity contribution in [3.63, 3.8) is 0 Å². The van der Waals surface area contributed by atoms with Gasteiger partial charge in [0.2, 0.25) is 11.7 Å². The molecule has 1 heterocycles. The van der Waals surface area contributed by atoms with Crippen molar-refractivity contribution in [2.45, 2.75) is 20.5 Å². The summed E-state index contributed by atoms with van der Waals surface area (Å²) in [5.74, 6) is 0.242. The first kappa shape index (κ1) is 21.4. The van der Waals surface area contributed by atoms with Crippen molar-refractivity contribution in [2.75, 3.05) is 12.5 Å². The fourth-order valence-electron chi connectivity index (χ4n) is 2.68. The van der Waals surface area contributed by atoms with Crippen LogP contribution in [0.4, 0.5) is 11.6 Å². The molecule has 0 aliphatic rings. The Balaban J connectivity index is 1.83. The molecule has 31 heavy (non-hydrogen) atoms. The minimum absolute atomic E-state index is 0.0212. The number of aromatic nitrogens is 3. The van der Waals surface area contributed by atoms with Crippen LogP contribution in [0, 0.1) is 24.0 Å². The molecular formula is C20H20N6O5. The number of nitro groups is 1. The Morgan fingerprint density at radius 1 is 1.26 bits per heavy atom. The molecule has 0 saturated heterocycles. The van der Waals surface area contributed by atoms with Crippen LogP contribution in [-0.4, -0.2) is 33.4 Å². The predicted molar refractivity (Wildman–Crippen MR) is 114 cm³/mol. The molecule has 1 aromatic heterocycles. The Bertz CT molecular complexity index is 1190. The number of ether oxygens (including phenoxy) is 2. The van der Waals surface area contributed by atoms with E-state index in [0.717, 1.165) is 11.1 Å². The Kier molecular flexibility index (Phi) is 6.55. The van der Waals surface area contributed by atoms with E-state index in [4.69, 9.17) is 9.47 Å². The third-order valence-corrected chi connectivity index (χ3v) is 4.18. The summed E-state index contributed by atoms with van der Waals surface area (Å²) in [6, 6.07) is 10.5. The van der Waals surface area contributed by atoms with E-state index in [9.17, 15) is 14.9 Å². The molecule has 0 atom stereocenters. The van der Waals surface area contributed by atoms with Gasteiger partial charge in [-0.1, -0.05) is 29.8 Å². The van der Waals surface area contributed by atoms with E-state index in [1.807, 2.05) is 31.2 Å². The number of nitrogens with zero attached hydrogens (tertiary/aromatic N) is 4. The third kappa shape index (κ3) is 5.41. The number of aromatic amines is 1. The van der Waals surface area contributed by atoms with E-state index < -0.39 is 10.5 Å². The molecular weight excluding hydrogens is 404 g/mol. The highest BCUT2D eigenvalue weighted by molar-refractivity contribution is 5.83. The number of H-pyrrole nitrogens is 1. The zero-order valence-corrected chi connectivity index (χ0v) is 17.1. The Hall–Kier alpha value is -4.28. The van der Waals surface area contributed by atoms with E-state index in [0.29, 0.717) is 5.56 Å². The molecule has 11 heteroatoms. The first-order chi connectivity index (χ1) is 14.9. The highest BCUT2D eigenvalue weighted by Crippen LogP contribution is 2.38. The van der Waals surface area contributed by atoms with Crippen molar-refractivity contribution in [1.82, 2.24) is 15.2 Å². The lowest BCUT2D eigenvalue weighted by molar-refractivity contribution is -0.386. The molecule has 3 rings (SSSR count). The smallest absolute Gasteiger partial charge is 0.315 e. The molecule has 0 radical (unpaired) electrons. The third-order valence-electron chi connectivity index (χ3n) is 4.18. The Morgan fingerprint density at radius 2 is 2.06 bits per heavy atom. The minimum Gasteiger partial charge on any atom is -0.493 e. The summed E-state index contributed by atoms with van der Waals surface area (Å²) in [5, 5.41) is 23.0. The van der Waals surface area contributed by atoms with Gasteiger partial charge in [-0.05, 0) is 25.5 Å². The zero-order valence-electron chi connectivity index (χ0n) is 17.1. The predicted octanol–water partition coefficient (Wildman–Crippen LogP) is 2.72. The molecule has 0 bridgehead atoms. The summed E-state index contributed by atoms with van der Waals surface area (Å²) in [6.07, 6.45) is 1.32. The summed E-state index contributed by atoms with van der Waals surface area (Å²) in [6.45, 7) is 3.62. The van der Waals surface area contributed by atoms with Crippen molar-refractivity contribution in [1.29, 1.82) is 0 Å². The first-order valence-corrected chi connectivity index (χ1v) is 9.15. The highest BCUT2D eigenvalue weighted by Gasteiger charge is 2.22. The van der Waals surface area contributed by atoms with Gasteiger partial charge in [0, 0.05) is 11.6 Å². The minimum atomic E-state index is -0.554. The van der Waals surface area contributed by atoms with Gasteiger partial charge in [-0.25, -0.2) is 5.43 Å². The van der Waals surface area contributed by atoms with Crippen molar-refractivity contribution < 1.29 is 14.4 Å². The normalized spacial score (nSPS) is 10.8. The van der Waals surface area contributed by atoms with Gasteiger partial charge in [0.1, 0.15) is 12.3 Å². The van der Waals surface area contributed by atoms with Crippen molar-refractivity contribution in [3.05, 3.63) is 79.3 Å². The number of hydrazone groups is 1. The highest BCUT2D eigenvalue weighted by atomic mass is 16.6. The van der Waals surface area contributed by atoms with Gasteiger partial charge in [0.15, 0.2) is 5.75 Å². The van der Waals surface area contributed by atoms with Gasteiger partial charge >= 0.3 is 5.69 Å². The Morgan fingerprint density at radius 3 is 2.74 bits per heavy atom. The van der Waals surface area contributed by atoms with E-state index >= 15 is 0 Å². The van der Waals surface area contributed by atoms with Crippen LogP contribution >= 0.6 is 0 Å². The van der Waals surface area contributed by atoms with Crippen LogP contribution < -0.4 is 20.5 Å². The second-order valence-electron chi connectivity index (χ2n) is 6.56. The van der Waals surface area contributed by atoms with Crippen LogP contribution in [0.2, 0.25) is 0 Å². The molecule has 0 aliphatic heterocycles. The number of nitro benzene ring substituents is 1. The van der Waals surface area contributed by atoms with Crippen LogP contribution in [0.1, 0.15) is 22.4 Å². The SMILES string of the molecule is COc1cc(/C=N/Nc2nnc(C)c(=O)[nH]2)cc([N+](=O)[O-])c1OCc1cccc(C)c1. The lowest BCUT2D eigenvalue weighted by atomic mass is 10.1. The van der Waals surface area contributed by atoms with Crippen LogP contribution in [0.15, 0.2) is 46.3 Å². The van der Waals surface area contributed by atoms with Gasteiger partial charge in [0.25, 0.3) is 5.56 Å². The van der Waals surface area contributed by atoms with Crippen LogP contribution in [0.25, 0.3) is 0 Å². The zero-order chi connectivity index (χ0) is 22.4. The van der Waals surface area contributed by atoms with Gasteiger partial charge in [-0.3, -0.25) is 19.9 Å². The molecule has 0 unspecified atom stereocenters. The molecule has 3 aromatic rings. The number of hydrogen-bond donors (Lipinski definition) is 2. The number of methoxy groups -OCH3 is 1. The molecule has 11 nitrogen and oxygen atoms in total. The molecule has 0 fully saturated rings. The topological polar surface area (TPSA) is 145 Å². The monoisotopic (exact) mass is 424 g/mol. The van der Waals surface area contributed by atoms with E-state index in [1.54, 1.807) is 6.07 Å². The van der Waals surface area contributed by atoms with Gasteiger partial charge < -0.3 is 9.47 Å². The van der Waals surface area contributed by atoms with Gasteiger partial charge in [-0.15, -0.1) is 10.2 Å². The number of anilines is 1. The fourth-order valence-corrected chi connectivity index (χ4v) is 2.68. The van der Waals surface area contributed by atoms with Crippen molar-refractivity contribution >= 4 is 17.9 Å². The van der Waals surface area contributed by atoms with Crippen molar-refractivity contribution in [2.24, 2.45) is 5.10 Å². The first-order valence-electron chi connectivity index (χ1n) is 9.15. The van der Waals surface area contributed by atoms with Gasteiger partial charge in [-0.2, -0.15) is 5.10 Å². The second kappa shape index (κ2) is 9.48. The maximum absolute atomic E-state index is 11.6. The standard InChI is InChI=1S/C20H20N6O5/c1-12-5-4-6-14(7-12)11-31-18-16(26(28)29)8-15(9-17(18)30-3)10-21-24-20-22-19(27)13(2)23-25-20/h4-10H,11H2,1-3H3,(H2,22,24,25,27)/b21-10+. The molecule has 0 aliphatic carbocycles. The van der Waals surface area contributed by atoms with E-state index in [-0.39, 0.29) is 35.4 Å². The van der Waals surface area contributed by atoms with Gasteiger partial charge in [0.05, 0.1) is 18.2 Å². The number of nitrogens with one attached hydrogen (secondary N) is 2. The number of benzene rings is 2. The quantitative estimate of drug-likeness (QED) is 0.319. The van der Waals surface area contributed by atoms with E-state index in [2.05, 4.69) is 25.7 Å². The summed E-state index contributed by atoms with van der Waals surface area (Å²) < 4.78 is 11.0. The summed E-state index contributed by atoms with van der Waals surface area (Å²) in [7, 11) is 1.39. The van der Waals surface area contributed by atoms with Crippen molar-refractivity contribution in [3.8, 4) is 11.5 Å².